The van der Waals surface area contributed by atoms with Gasteiger partial charge in [0.1, 0.15) is 33.6 Å². The Balaban J connectivity index is 1.13. The average molecular weight is 627 g/mol. The van der Waals surface area contributed by atoms with Crippen LogP contribution in [0.1, 0.15) is 51.9 Å². The molecule has 2 fully saturated rings. The fraction of sp³-hybridized carbons (Fsp3) is 0.548. The summed E-state index contributed by atoms with van der Waals surface area (Å²) in [6, 6.07) is 9.12. The minimum absolute atomic E-state index is 0.00232. The maximum absolute atomic E-state index is 13.2. The quantitative estimate of drug-likeness (QED) is 0.239. The van der Waals surface area contributed by atoms with Gasteiger partial charge in [0.15, 0.2) is 0 Å². The summed E-state index contributed by atoms with van der Waals surface area (Å²) in [6.45, 7) is 3.12. The first-order chi connectivity index (χ1) is 21.1. The van der Waals surface area contributed by atoms with E-state index in [2.05, 4.69) is 10.3 Å². The van der Waals surface area contributed by atoms with Crippen LogP contribution in [-0.4, -0.2) is 89.6 Å². The largest absolute Gasteiger partial charge is 0.493 e. The fourth-order valence-corrected chi connectivity index (χ4v) is 6.55. The number of aromatic nitrogens is 3. The summed E-state index contributed by atoms with van der Waals surface area (Å²) in [6.07, 6.45) is 9.72. The van der Waals surface area contributed by atoms with Crippen molar-refractivity contribution in [3.8, 4) is 11.6 Å². The molecule has 2 aliphatic rings. The fourth-order valence-electron chi connectivity index (χ4n) is 5.91. The molecule has 0 radical (unpaired) electrons. The maximum Gasteiger partial charge on any atom is 0.322 e. The van der Waals surface area contributed by atoms with E-state index in [0.717, 1.165) is 36.6 Å². The van der Waals surface area contributed by atoms with E-state index in [1.54, 1.807) is 13.1 Å². The lowest BCUT2D eigenvalue weighted by Crippen LogP contribution is -2.46. The van der Waals surface area contributed by atoms with Crippen molar-refractivity contribution < 1.29 is 27.5 Å². The lowest BCUT2D eigenvalue weighted by atomic mass is 9.85. The second kappa shape index (κ2) is 13.9. The number of nitrogens with two attached hydrogens (primary N) is 1. The number of anilines is 1. The minimum Gasteiger partial charge on any atom is -0.493 e. The first-order valence-corrected chi connectivity index (χ1v) is 17.4. The van der Waals surface area contributed by atoms with Crippen molar-refractivity contribution in [2.45, 2.75) is 70.1 Å². The molecule has 0 unspecified atom stereocenters. The Labute approximate surface area is 258 Å². The van der Waals surface area contributed by atoms with Gasteiger partial charge in [0.05, 0.1) is 17.9 Å². The number of hydrogen-bond acceptors (Lipinski definition) is 10. The van der Waals surface area contributed by atoms with Crippen LogP contribution >= 0.6 is 0 Å². The van der Waals surface area contributed by atoms with Crippen LogP contribution in [0.15, 0.2) is 42.7 Å². The Hall–Kier alpha value is -3.71. The molecular formula is C31H42N6O6S. The molecule has 44 heavy (non-hydrogen) atoms. The molecule has 1 aliphatic carbocycles. The number of ether oxygens (including phenoxy) is 2. The Kier molecular flexibility index (Phi) is 10.0. The molecule has 0 spiro atoms. The molecule has 1 atom stereocenters. The molecule has 1 aromatic carbocycles. The normalized spacial score (nSPS) is 20.3. The van der Waals surface area contributed by atoms with Crippen molar-refractivity contribution in [3.63, 3.8) is 0 Å². The van der Waals surface area contributed by atoms with Crippen LogP contribution in [0.2, 0.25) is 0 Å². The lowest BCUT2D eigenvalue weighted by Gasteiger charge is -2.36. The van der Waals surface area contributed by atoms with Crippen LogP contribution in [0.5, 0.6) is 5.75 Å². The summed E-state index contributed by atoms with van der Waals surface area (Å²) in [5.74, 6) is 1.84. The monoisotopic (exact) mass is 626 g/mol. The summed E-state index contributed by atoms with van der Waals surface area (Å²) in [5.41, 5.74) is 6.52. The zero-order valence-corrected chi connectivity index (χ0v) is 26.2. The molecule has 0 bridgehead atoms. The second-order valence-corrected chi connectivity index (χ2v) is 14.1. The number of sulfone groups is 1. The van der Waals surface area contributed by atoms with Gasteiger partial charge in [-0.1, -0.05) is 6.07 Å². The zero-order chi connectivity index (χ0) is 31.3. The van der Waals surface area contributed by atoms with Crippen molar-refractivity contribution in [2.75, 3.05) is 37.0 Å². The minimum atomic E-state index is -3.02. The number of carbonyl (C=O) groups excluding carboxylic acids is 2. The number of hydrogen-bond donors (Lipinski definition) is 2. The molecule has 3 aromatic rings. The van der Waals surface area contributed by atoms with Crippen LogP contribution in [-0.2, 0) is 24.2 Å². The van der Waals surface area contributed by atoms with Crippen molar-refractivity contribution in [2.24, 2.45) is 11.7 Å². The van der Waals surface area contributed by atoms with Gasteiger partial charge >= 0.3 is 5.97 Å². The van der Waals surface area contributed by atoms with E-state index in [1.165, 1.54) is 6.26 Å². The van der Waals surface area contributed by atoms with Gasteiger partial charge in [0, 0.05) is 61.9 Å². The van der Waals surface area contributed by atoms with Crippen LogP contribution in [0.25, 0.3) is 16.7 Å². The Bertz CT molecular complexity index is 1560. The van der Waals surface area contributed by atoms with E-state index >= 15 is 0 Å². The summed E-state index contributed by atoms with van der Waals surface area (Å²) < 4.78 is 36.1. The third-order valence-electron chi connectivity index (χ3n) is 8.32. The number of benzene rings is 1. The number of rotatable bonds is 11. The molecule has 1 amide bonds. The SMILES string of the molecule is C[C@H](N)C(=O)OC1CCN(C(=O)C2CCC(Nc3nccc(-n4ccc5c(OCCCS(C)(=O)=O)cccc54)n3)CC2)CC1. The van der Waals surface area contributed by atoms with Gasteiger partial charge in [-0.15, -0.1) is 0 Å². The van der Waals surface area contributed by atoms with Gasteiger partial charge in [-0.3, -0.25) is 9.59 Å². The number of fused-ring (bicyclic) bond motifs is 1. The Morgan fingerprint density at radius 2 is 1.84 bits per heavy atom. The lowest BCUT2D eigenvalue weighted by molar-refractivity contribution is -0.153. The van der Waals surface area contributed by atoms with Crippen LogP contribution in [0, 0.1) is 5.92 Å². The van der Waals surface area contributed by atoms with E-state index < -0.39 is 21.8 Å². The number of nitrogens with one attached hydrogen (secondary N) is 1. The highest BCUT2D eigenvalue weighted by molar-refractivity contribution is 7.90. The van der Waals surface area contributed by atoms with E-state index in [1.807, 2.05) is 46.0 Å². The first kappa shape index (κ1) is 31.7. The number of nitrogens with zero attached hydrogens (tertiary/aromatic N) is 4. The molecule has 238 valence electrons. The number of likely N-dealkylation sites (tertiary alicyclic amines) is 1. The zero-order valence-electron chi connectivity index (χ0n) is 25.4. The third kappa shape index (κ3) is 8.06. The molecule has 1 saturated carbocycles. The summed E-state index contributed by atoms with van der Waals surface area (Å²) in [5, 5.41) is 4.38. The first-order valence-electron chi connectivity index (χ1n) is 15.3. The molecule has 3 heterocycles. The molecule has 3 N–H and O–H groups in total. The van der Waals surface area contributed by atoms with E-state index in [-0.39, 0.29) is 29.7 Å². The van der Waals surface area contributed by atoms with Crippen molar-refractivity contribution in [1.82, 2.24) is 19.4 Å². The van der Waals surface area contributed by atoms with Gasteiger partial charge in [-0.2, -0.15) is 4.98 Å². The molecular weight excluding hydrogens is 584 g/mol. The predicted octanol–water partition coefficient (Wildman–Crippen LogP) is 3.09. The predicted molar refractivity (Wildman–Crippen MR) is 167 cm³/mol. The Morgan fingerprint density at radius 3 is 2.55 bits per heavy atom. The highest BCUT2D eigenvalue weighted by Crippen LogP contribution is 2.30. The average Bonchev–Trinajstić information content (AvgIpc) is 3.44. The molecule has 1 aliphatic heterocycles. The van der Waals surface area contributed by atoms with Crippen LogP contribution in [0.4, 0.5) is 5.95 Å². The molecule has 2 aromatic heterocycles. The number of amides is 1. The van der Waals surface area contributed by atoms with Crippen molar-refractivity contribution in [3.05, 3.63) is 42.7 Å². The summed E-state index contributed by atoms with van der Waals surface area (Å²) in [4.78, 5) is 36.1. The van der Waals surface area contributed by atoms with Crippen LogP contribution < -0.4 is 15.8 Å². The maximum atomic E-state index is 13.2. The van der Waals surface area contributed by atoms with Gasteiger partial charge < -0.3 is 30.0 Å². The molecule has 1 saturated heterocycles. The number of carbonyl (C=O) groups is 2. The third-order valence-corrected chi connectivity index (χ3v) is 9.35. The van der Waals surface area contributed by atoms with Gasteiger partial charge in [0.25, 0.3) is 0 Å². The Morgan fingerprint density at radius 1 is 1.09 bits per heavy atom. The smallest absolute Gasteiger partial charge is 0.322 e. The summed E-state index contributed by atoms with van der Waals surface area (Å²) >= 11 is 0. The topological polar surface area (TPSA) is 159 Å². The molecule has 5 rings (SSSR count). The molecule has 13 heteroatoms. The van der Waals surface area contributed by atoms with E-state index in [9.17, 15) is 18.0 Å². The van der Waals surface area contributed by atoms with Crippen molar-refractivity contribution in [1.29, 1.82) is 0 Å². The van der Waals surface area contributed by atoms with Gasteiger partial charge in [-0.25, -0.2) is 13.4 Å². The van der Waals surface area contributed by atoms with Gasteiger partial charge in [-0.05, 0) is 63.3 Å². The highest BCUT2D eigenvalue weighted by atomic mass is 32.2. The van der Waals surface area contributed by atoms with Crippen molar-refractivity contribution >= 4 is 38.6 Å². The standard InChI is InChI=1S/C31H42N6O6S/c1-21(32)30(39)43-24-12-16-36(17-13-24)29(38)22-7-9-23(10-8-22)34-31-33-15-11-28(35-31)37-18-14-25-26(37)5-3-6-27(25)42-19-4-20-44(2,40)41/h3,5-6,11,14-15,18,21-24H,4,7-10,12-13,16-17,19-20,32H2,1-2H3,(H,33,34,35)/t21-,22?,23?/m0/s1. The summed E-state index contributed by atoms with van der Waals surface area (Å²) in [7, 11) is -3.02. The van der Waals surface area contributed by atoms with E-state index in [0.29, 0.717) is 56.5 Å². The van der Waals surface area contributed by atoms with E-state index in [4.69, 9.17) is 20.2 Å². The number of piperidine rings is 1. The van der Waals surface area contributed by atoms with Gasteiger partial charge in [0.2, 0.25) is 11.9 Å². The van der Waals surface area contributed by atoms with Crippen LogP contribution in [0.3, 0.4) is 0 Å². The highest BCUT2D eigenvalue weighted by Gasteiger charge is 2.32. The number of esters is 1. The molecule has 12 nitrogen and oxygen atoms in total. The second-order valence-electron chi connectivity index (χ2n) is 11.9.